The highest BCUT2D eigenvalue weighted by Crippen LogP contribution is 2.26. The number of halogens is 3. The number of nitrogen functional groups attached to an aromatic ring is 1. The third-order valence-electron chi connectivity index (χ3n) is 1.76. The molecule has 0 aliphatic carbocycles. The maximum absolute atomic E-state index is 11.9. The topological polar surface area (TPSA) is 61.3 Å². The van der Waals surface area contributed by atoms with Crippen LogP contribution in [0.15, 0.2) is 18.2 Å². The van der Waals surface area contributed by atoms with Gasteiger partial charge in [-0.25, -0.2) is 0 Å². The second-order valence-electron chi connectivity index (χ2n) is 2.95. The molecule has 0 fully saturated rings. The van der Waals surface area contributed by atoms with Gasteiger partial charge in [0.05, 0.1) is 0 Å². The summed E-state index contributed by atoms with van der Waals surface area (Å²) in [6.45, 7) is 0.319. The zero-order valence-electron chi connectivity index (χ0n) is 7.84. The van der Waals surface area contributed by atoms with Crippen LogP contribution in [0.5, 0.6) is 5.75 Å². The third kappa shape index (κ3) is 3.67. The van der Waals surface area contributed by atoms with Crippen LogP contribution in [0.1, 0.15) is 5.56 Å². The van der Waals surface area contributed by atoms with Crippen LogP contribution in [-0.2, 0) is 6.42 Å². The summed E-state index contributed by atoms with van der Waals surface area (Å²) in [6.07, 6.45) is -4.27. The molecule has 3 nitrogen and oxygen atoms in total. The number of alkyl halides is 3. The zero-order chi connectivity index (χ0) is 11.5. The van der Waals surface area contributed by atoms with Crippen LogP contribution in [0.3, 0.4) is 0 Å². The lowest BCUT2D eigenvalue weighted by atomic mass is 10.1. The zero-order valence-corrected chi connectivity index (χ0v) is 7.84. The fourth-order valence-corrected chi connectivity index (χ4v) is 1.15. The fourth-order valence-electron chi connectivity index (χ4n) is 1.15. The number of anilines is 1. The van der Waals surface area contributed by atoms with E-state index in [0.29, 0.717) is 24.2 Å². The molecule has 0 saturated carbocycles. The van der Waals surface area contributed by atoms with Crippen LogP contribution in [0, 0.1) is 0 Å². The van der Waals surface area contributed by atoms with E-state index >= 15 is 0 Å². The third-order valence-corrected chi connectivity index (χ3v) is 1.76. The minimum absolute atomic E-state index is 0.278. The fraction of sp³-hybridized carbons (Fsp3) is 0.333. The quantitative estimate of drug-likeness (QED) is 0.761. The van der Waals surface area contributed by atoms with Gasteiger partial charge in [-0.1, -0.05) is 0 Å². The van der Waals surface area contributed by atoms with Gasteiger partial charge in [0.2, 0.25) is 0 Å². The van der Waals surface area contributed by atoms with Gasteiger partial charge < -0.3 is 16.2 Å². The van der Waals surface area contributed by atoms with Crippen LogP contribution in [0.4, 0.5) is 18.9 Å². The van der Waals surface area contributed by atoms with Crippen molar-refractivity contribution in [3.63, 3.8) is 0 Å². The Kier molecular flexibility index (Phi) is 3.41. The van der Waals surface area contributed by atoms with Crippen LogP contribution >= 0.6 is 0 Å². The Morgan fingerprint density at radius 2 is 1.93 bits per heavy atom. The molecule has 0 unspecified atom stereocenters. The van der Waals surface area contributed by atoms with Crippen LogP contribution in [0.2, 0.25) is 0 Å². The lowest BCUT2D eigenvalue weighted by Crippen LogP contribution is -2.17. The first-order chi connectivity index (χ1) is 6.92. The highest BCUT2D eigenvalue weighted by molar-refractivity contribution is 5.50. The van der Waals surface area contributed by atoms with Crippen molar-refractivity contribution in [2.24, 2.45) is 5.73 Å². The molecule has 6 heteroatoms. The van der Waals surface area contributed by atoms with Crippen molar-refractivity contribution in [3.05, 3.63) is 23.8 Å². The summed E-state index contributed by atoms with van der Waals surface area (Å²) in [5, 5.41) is 0. The molecular formula is C9H11F3N2O. The van der Waals surface area contributed by atoms with Gasteiger partial charge >= 0.3 is 6.36 Å². The summed E-state index contributed by atoms with van der Waals surface area (Å²) >= 11 is 0. The molecule has 0 atom stereocenters. The van der Waals surface area contributed by atoms with E-state index in [0.717, 1.165) is 0 Å². The maximum atomic E-state index is 11.9. The van der Waals surface area contributed by atoms with Gasteiger partial charge in [0, 0.05) is 5.69 Å². The largest absolute Gasteiger partial charge is 0.573 e. The van der Waals surface area contributed by atoms with Crippen LogP contribution in [0.25, 0.3) is 0 Å². The highest BCUT2D eigenvalue weighted by atomic mass is 19.4. The molecule has 0 saturated heterocycles. The van der Waals surface area contributed by atoms with Gasteiger partial charge in [0.25, 0.3) is 0 Å². The number of rotatable bonds is 3. The molecule has 4 N–H and O–H groups in total. The molecule has 0 bridgehead atoms. The molecule has 15 heavy (non-hydrogen) atoms. The molecule has 0 heterocycles. The Balaban J connectivity index is 2.87. The second kappa shape index (κ2) is 4.39. The van der Waals surface area contributed by atoms with Crippen molar-refractivity contribution >= 4 is 5.69 Å². The van der Waals surface area contributed by atoms with Gasteiger partial charge in [0.1, 0.15) is 5.75 Å². The molecule has 0 aromatic heterocycles. The van der Waals surface area contributed by atoms with Gasteiger partial charge in [-0.15, -0.1) is 13.2 Å². The predicted molar refractivity (Wildman–Crippen MR) is 50.3 cm³/mol. The highest BCUT2D eigenvalue weighted by Gasteiger charge is 2.31. The first-order valence-electron chi connectivity index (χ1n) is 4.26. The first-order valence-corrected chi connectivity index (χ1v) is 4.26. The average molecular weight is 220 g/mol. The number of hydrogen-bond donors (Lipinski definition) is 2. The molecule has 84 valence electrons. The number of nitrogens with two attached hydrogens (primary N) is 2. The van der Waals surface area contributed by atoms with E-state index in [1.165, 1.54) is 18.2 Å². The Labute approximate surface area is 84.8 Å². The smallest absolute Gasteiger partial charge is 0.406 e. The Bertz CT molecular complexity index is 339. The Morgan fingerprint density at radius 3 is 2.47 bits per heavy atom. The number of ether oxygens (including phenoxy) is 1. The summed E-state index contributed by atoms with van der Waals surface area (Å²) in [7, 11) is 0. The number of benzene rings is 1. The summed E-state index contributed by atoms with van der Waals surface area (Å²) in [6, 6.07) is 3.78. The van der Waals surface area contributed by atoms with E-state index in [9.17, 15) is 13.2 Å². The van der Waals surface area contributed by atoms with E-state index in [4.69, 9.17) is 11.5 Å². The van der Waals surface area contributed by atoms with Crippen LogP contribution in [-0.4, -0.2) is 12.9 Å². The molecule has 0 aliphatic rings. The summed E-state index contributed by atoms with van der Waals surface area (Å²) in [5.74, 6) is -0.278. The van der Waals surface area contributed by atoms with Crippen molar-refractivity contribution < 1.29 is 17.9 Å². The Hall–Kier alpha value is -1.43. The van der Waals surface area contributed by atoms with Gasteiger partial charge in [-0.2, -0.15) is 0 Å². The van der Waals surface area contributed by atoms with E-state index in [2.05, 4.69) is 4.74 Å². The van der Waals surface area contributed by atoms with Crippen molar-refractivity contribution in [1.29, 1.82) is 0 Å². The standard InChI is InChI=1S/C9H11F3N2O/c10-9(11,12)15-7-1-2-8(14)6(5-7)3-4-13/h1-2,5H,3-4,13-14H2. The van der Waals surface area contributed by atoms with Crippen molar-refractivity contribution in [1.82, 2.24) is 0 Å². The molecule has 1 rings (SSSR count). The van der Waals surface area contributed by atoms with Gasteiger partial charge in [-0.05, 0) is 36.7 Å². The van der Waals surface area contributed by atoms with E-state index < -0.39 is 6.36 Å². The molecule has 0 amide bonds. The van der Waals surface area contributed by atoms with Crippen molar-refractivity contribution in [2.75, 3.05) is 12.3 Å². The molecule has 0 spiro atoms. The predicted octanol–water partition coefficient (Wildman–Crippen LogP) is 1.67. The molecular weight excluding hydrogens is 209 g/mol. The van der Waals surface area contributed by atoms with Crippen molar-refractivity contribution in [3.8, 4) is 5.75 Å². The van der Waals surface area contributed by atoms with Crippen LogP contribution < -0.4 is 16.2 Å². The maximum Gasteiger partial charge on any atom is 0.573 e. The SMILES string of the molecule is NCCc1cc(OC(F)(F)F)ccc1N. The van der Waals surface area contributed by atoms with E-state index in [1.54, 1.807) is 0 Å². The number of hydrogen-bond acceptors (Lipinski definition) is 3. The monoisotopic (exact) mass is 220 g/mol. The lowest BCUT2D eigenvalue weighted by Gasteiger charge is -2.11. The van der Waals surface area contributed by atoms with E-state index in [1.807, 2.05) is 0 Å². The van der Waals surface area contributed by atoms with Gasteiger partial charge in [-0.3, -0.25) is 0 Å². The molecule has 1 aromatic carbocycles. The molecule has 0 radical (unpaired) electrons. The minimum atomic E-state index is -4.68. The first kappa shape index (κ1) is 11.6. The normalized spacial score (nSPS) is 11.5. The minimum Gasteiger partial charge on any atom is -0.406 e. The second-order valence-corrected chi connectivity index (χ2v) is 2.95. The van der Waals surface area contributed by atoms with E-state index in [-0.39, 0.29) is 5.75 Å². The average Bonchev–Trinajstić information content (AvgIpc) is 2.09. The molecule has 1 aromatic rings. The lowest BCUT2D eigenvalue weighted by molar-refractivity contribution is -0.274. The summed E-state index contributed by atoms with van der Waals surface area (Å²) < 4.78 is 39.4. The molecule has 0 aliphatic heterocycles. The summed E-state index contributed by atoms with van der Waals surface area (Å²) in [5.41, 5.74) is 11.8. The van der Waals surface area contributed by atoms with Crippen molar-refractivity contribution in [2.45, 2.75) is 12.8 Å². The Morgan fingerprint density at radius 1 is 1.27 bits per heavy atom. The van der Waals surface area contributed by atoms with Gasteiger partial charge in [0.15, 0.2) is 0 Å². The summed E-state index contributed by atoms with van der Waals surface area (Å²) in [4.78, 5) is 0.